The van der Waals surface area contributed by atoms with Crippen LogP contribution in [0.5, 0.6) is 5.75 Å². The maximum Gasteiger partial charge on any atom is 0.335 e. The topological polar surface area (TPSA) is 46.5 Å². The lowest BCUT2D eigenvalue weighted by atomic mass is 10.0. The molecule has 0 heterocycles. The maximum atomic E-state index is 10.7. The van der Waals surface area contributed by atoms with E-state index in [2.05, 4.69) is 13.8 Å². The van der Waals surface area contributed by atoms with Crippen molar-refractivity contribution in [1.29, 1.82) is 0 Å². The molecule has 0 aliphatic rings. The van der Waals surface area contributed by atoms with Gasteiger partial charge < -0.3 is 9.84 Å². The molecule has 3 heteroatoms. The quantitative estimate of drug-likeness (QED) is 0.458. The molecule has 0 fully saturated rings. The van der Waals surface area contributed by atoms with Gasteiger partial charge in [0.05, 0.1) is 12.2 Å². The lowest BCUT2D eigenvalue weighted by Gasteiger charge is -2.07. The summed E-state index contributed by atoms with van der Waals surface area (Å²) in [6.45, 7) is 5.30. The van der Waals surface area contributed by atoms with E-state index in [0.29, 0.717) is 12.2 Å². The second kappa shape index (κ2) is 12.0. The van der Waals surface area contributed by atoms with Gasteiger partial charge >= 0.3 is 5.97 Å². The summed E-state index contributed by atoms with van der Waals surface area (Å²) in [4.78, 5) is 10.7. The lowest BCUT2D eigenvalue weighted by molar-refractivity contribution is 0.0697. The molecule has 1 rings (SSSR count). The van der Waals surface area contributed by atoms with E-state index in [1.54, 1.807) is 24.3 Å². The van der Waals surface area contributed by atoms with E-state index in [4.69, 9.17) is 9.84 Å². The molecule has 1 N–H and O–H groups in total. The molecule has 0 saturated heterocycles. The van der Waals surface area contributed by atoms with Crippen molar-refractivity contribution in [3.63, 3.8) is 0 Å². The number of unbranched alkanes of at least 4 members (excludes halogenated alkanes) is 7. The predicted molar refractivity (Wildman–Crippen MR) is 95.3 cm³/mol. The first kappa shape index (κ1) is 19.5. The first-order valence-corrected chi connectivity index (χ1v) is 9.05. The Kier molecular flexibility index (Phi) is 10.2. The van der Waals surface area contributed by atoms with Crippen molar-refractivity contribution in [2.75, 3.05) is 6.61 Å². The number of carboxylic acid groups (broad SMARTS) is 1. The fourth-order valence-corrected chi connectivity index (χ4v) is 2.60. The zero-order valence-corrected chi connectivity index (χ0v) is 14.7. The van der Waals surface area contributed by atoms with Crippen LogP contribution in [-0.2, 0) is 0 Å². The minimum Gasteiger partial charge on any atom is -0.494 e. The summed E-state index contributed by atoms with van der Waals surface area (Å²) in [5, 5.41) is 8.82. The Balaban J connectivity index is 1.92. The lowest BCUT2D eigenvalue weighted by Crippen LogP contribution is -1.99. The van der Waals surface area contributed by atoms with E-state index >= 15 is 0 Å². The average molecular weight is 320 g/mol. The van der Waals surface area contributed by atoms with Crippen molar-refractivity contribution < 1.29 is 14.6 Å². The van der Waals surface area contributed by atoms with E-state index in [1.165, 1.54) is 51.4 Å². The monoisotopic (exact) mass is 320 g/mol. The Hall–Kier alpha value is -1.51. The molecule has 0 aromatic heterocycles. The van der Waals surface area contributed by atoms with Crippen LogP contribution in [0, 0.1) is 5.92 Å². The van der Waals surface area contributed by atoms with Gasteiger partial charge in [0, 0.05) is 0 Å². The summed E-state index contributed by atoms with van der Waals surface area (Å²) in [5.74, 6) is 0.691. The third kappa shape index (κ3) is 9.98. The van der Waals surface area contributed by atoms with Crippen LogP contribution in [0.4, 0.5) is 0 Å². The van der Waals surface area contributed by atoms with Crippen molar-refractivity contribution in [3.8, 4) is 5.75 Å². The van der Waals surface area contributed by atoms with Crippen LogP contribution in [0.3, 0.4) is 0 Å². The van der Waals surface area contributed by atoms with Gasteiger partial charge in [-0.2, -0.15) is 0 Å². The highest BCUT2D eigenvalue weighted by atomic mass is 16.5. The third-order valence-corrected chi connectivity index (χ3v) is 4.05. The van der Waals surface area contributed by atoms with Gasteiger partial charge in [-0.15, -0.1) is 0 Å². The van der Waals surface area contributed by atoms with E-state index in [0.717, 1.165) is 18.1 Å². The standard InChI is InChI=1S/C20H32O3/c1-17(2)11-9-7-5-3-4-6-8-10-16-23-19-14-12-18(13-15-19)20(21)22/h12-15,17H,3-11,16H2,1-2H3,(H,21,22). The maximum absolute atomic E-state index is 10.7. The number of hydrogen-bond acceptors (Lipinski definition) is 2. The minimum absolute atomic E-state index is 0.297. The number of rotatable bonds is 13. The Morgan fingerprint density at radius 3 is 1.96 bits per heavy atom. The first-order chi connectivity index (χ1) is 11.1. The van der Waals surface area contributed by atoms with Gasteiger partial charge in [0.1, 0.15) is 5.75 Å². The molecule has 0 aliphatic carbocycles. The summed E-state index contributed by atoms with van der Waals surface area (Å²) >= 11 is 0. The summed E-state index contributed by atoms with van der Waals surface area (Å²) in [5.41, 5.74) is 0.297. The van der Waals surface area contributed by atoms with Gasteiger partial charge in [0.2, 0.25) is 0 Å². The van der Waals surface area contributed by atoms with Crippen molar-refractivity contribution in [3.05, 3.63) is 29.8 Å². The third-order valence-electron chi connectivity index (χ3n) is 4.05. The molecule has 23 heavy (non-hydrogen) atoms. The summed E-state index contributed by atoms with van der Waals surface area (Å²) < 4.78 is 5.63. The van der Waals surface area contributed by atoms with Crippen LogP contribution < -0.4 is 4.74 Å². The van der Waals surface area contributed by atoms with Crippen LogP contribution >= 0.6 is 0 Å². The molecule has 0 spiro atoms. The summed E-state index contributed by atoms with van der Waals surface area (Å²) in [7, 11) is 0. The van der Waals surface area contributed by atoms with Gasteiger partial charge in [-0.3, -0.25) is 0 Å². The van der Waals surface area contributed by atoms with Crippen LogP contribution in [-0.4, -0.2) is 17.7 Å². The molecule has 0 saturated carbocycles. The Bertz CT molecular complexity index is 423. The smallest absolute Gasteiger partial charge is 0.335 e. The van der Waals surface area contributed by atoms with Crippen molar-refractivity contribution >= 4 is 5.97 Å². The second-order valence-corrected chi connectivity index (χ2v) is 6.69. The van der Waals surface area contributed by atoms with Crippen molar-refractivity contribution in [2.45, 2.75) is 71.6 Å². The van der Waals surface area contributed by atoms with E-state index < -0.39 is 5.97 Å². The molecule has 0 bridgehead atoms. The van der Waals surface area contributed by atoms with E-state index in [-0.39, 0.29) is 0 Å². The summed E-state index contributed by atoms with van der Waals surface area (Å²) in [6.07, 6.45) is 11.7. The van der Waals surface area contributed by atoms with Crippen molar-refractivity contribution in [2.24, 2.45) is 5.92 Å². The minimum atomic E-state index is -0.902. The first-order valence-electron chi connectivity index (χ1n) is 9.05. The Labute approximate surface area is 141 Å². The van der Waals surface area contributed by atoms with Crippen LogP contribution in [0.1, 0.15) is 82.0 Å². The van der Waals surface area contributed by atoms with Crippen LogP contribution in [0.15, 0.2) is 24.3 Å². The highest BCUT2D eigenvalue weighted by Crippen LogP contribution is 2.14. The number of carboxylic acids is 1. The normalized spacial score (nSPS) is 10.9. The number of benzene rings is 1. The second-order valence-electron chi connectivity index (χ2n) is 6.69. The largest absolute Gasteiger partial charge is 0.494 e. The van der Waals surface area contributed by atoms with Gasteiger partial charge in [0.25, 0.3) is 0 Å². The van der Waals surface area contributed by atoms with Gasteiger partial charge in [-0.1, -0.05) is 65.2 Å². The van der Waals surface area contributed by atoms with Crippen LogP contribution in [0.2, 0.25) is 0 Å². The molecule has 0 amide bonds. The van der Waals surface area contributed by atoms with E-state index in [1.807, 2.05) is 0 Å². The van der Waals surface area contributed by atoms with Crippen LogP contribution in [0.25, 0.3) is 0 Å². The van der Waals surface area contributed by atoms with E-state index in [9.17, 15) is 4.79 Å². The molecular weight excluding hydrogens is 288 g/mol. The highest BCUT2D eigenvalue weighted by molar-refractivity contribution is 5.87. The van der Waals surface area contributed by atoms with Gasteiger partial charge in [-0.05, 0) is 36.6 Å². The molecule has 0 aliphatic heterocycles. The molecule has 130 valence electrons. The fourth-order valence-electron chi connectivity index (χ4n) is 2.60. The zero-order valence-electron chi connectivity index (χ0n) is 14.7. The van der Waals surface area contributed by atoms with Gasteiger partial charge in [-0.25, -0.2) is 4.79 Å². The highest BCUT2D eigenvalue weighted by Gasteiger charge is 2.02. The average Bonchev–Trinajstić information content (AvgIpc) is 2.52. The predicted octanol–water partition coefficient (Wildman–Crippen LogP) is 5.93. The van der Waals surface area contributed by atoms with Crippen molar-refractivity contribution in [1.82, 2.24) is 0 Å². The number of ether oxygens (including phenoxy) is 1. The summed E-state index contributed by atoms with van der Waals surface area (Å²) in [6, 6.07) is 6.61. The molecule has 1 aromatic carbocycles. The molecule has 0 atom stereocenters. The SMILES string of the molecule is CC(C)CCCCCCCCCCOc1ccc(C(=O)O)cc1. The number of aromatic carboxylic acids is 1. The number of carbonyl (C=O) groups is 1. The molecular formula is C20H32O3. The molecule has 1 aromatic rings. The molecule has 0 radical (unpaired) electrons. The fraction of sp³-hybridized carbons (Fsp3) is 0.650. The zero-order chi connectivity index (χ0) is 16.9. The Morgan fingerprint density at radius 2 is 1.43 bits per heavy atom. The molecule has 3 nitrogen and oxygen atoms in total. The van der Waals surface area contributed by atoms with Gasteiger partial charge in [0.15, 0.2) is 0 Å². The Morgan fingerprint density at radius 1 is 0.913 bits per heavy atom. The molecule has 0 unspecified atom stereocenters. The number of hydrogen-bond donors (Lipinski definition) is 1.